The van der Waals surface area contributed by atoms with Gasteiger partial charge >= 0.3 is 5.97 Å². The predicted octanol–water partition coefficient (Wildman–Crippen LogP) is 2.41. The van der Waals surface area contributed by atoms with Gasteiger partial charge in [-0.05, 0) is 38.0 Å². The van der Waals surface area contributed by atoms with Crippen molar-refractivity contribution in [2.24, 2.45) is 0 Å². The Hall–Kier alpha value is -2.12. The van der Waals surface area contributed by atoms with Crippen LogP contribution in [-0.2, 0) is 14.4 Å². The minimum absolute atomic E-state index is 0. The maximum atomic E-state index is 12.3. The highest BCUT2D eigenvalue weighted by molar-refractivity contribution is 5.98. The third kappa shape index (κ3) is 5.71. The number of hydrogen-bond donors (Lipinski definition) is 3. The number of carbonyl (C=O) groups excluding carboxylic acids is 2. The van der Waals surface area contributed by atoms with Gasteiger partial charge in [0.25, 0.3) is 0 Å². The standard InChI is InChI=1S/C18H25N3O4.ClH/c1-3-6-15(18(24)25)19-12(2)17(23)20-13-7-4-8-14(11-13)21-10-5-9-16(21)22;/h4,7-8,11-12,15,19H,3,5-6,9-10H2,1-2H3,(H,20,23)(H,24,25);1H. The molecule has 1 heterocycles. The van der Waals surface area contributed by atoms with Gasteiger partial charge in [-0.2, -0.15) is 0 Å². The van der Waals surface area contributed by atoms with Gasteiger partial charge in [-0.25, -0.2) is 0 Å². The van der Waals surface area contributed by atoms with Gasteiger partial charge in [-0.1, -0.05) is 19.4 Å². The first-order valence-electron chi connectivity index (χ1n) is 8.62. The van der Waals surface area contributed by atoms with Crippen molar-refractivity contribution in [1.82, 2.24) is 5.32 Å². The molecule has 1 saturated heterocycles. The smallest absolute Gasteiger partial charge is 0.320 e. The Bertz CT molecular complexity index is 653. The lowest BCUT2D eigenvalue weighted by molar-refractivity contribution is -0.140. The first-order valence-corrected chi connectivity index (χ1v) is 8.62. The molecular formula is C18H26ClN3O4. The van der Waals surface area contributed by atoms with Crippen molar-refractivity contribution in [1.29, 1.82) is 0 Å². The average molecular weight is 384 g/mol. The second-order valence-electron chi connectivity index (χ2n) is 6.26. The molecule has 2 atom stereocenters. The lowest BCUT2D eigenvalue weighted by Crippen LogP contribution is -2.47. The lowest BCUT2D eigenvalue weighted by atomic mass is 10.1. The van der Waals surface area contributed by atoms with Crippen molar-refractivity contribution >= 4 is 41.6 Å². The van der Waals surface area contributed by atoms with Gasteiger partial charge in [0.2, 0.25) is 11.8 Å². The Morgan fingerprint density at radius 3 is 2.65 bits per heavy atom. The molecule has 2 amide bonds. The first-order chi connectivity index (χ1) is 11.9. The molecule has 1 aliphatic rings. The lowest BCUT2D eigenvalue weighted by Gasteiger charge is -2.20. The summed E-state index contributed by atoms with van der Waals surface area (Å²) in [6, 6.07) is 5.72. The van der Waals surface area contributed by atoms with Crippen LogP contribution in [0.3, 0.4) is 0 Å². The Morgan fingerprint density at radius 1 is 1.35 bits per heavy atom. The van der Waals surface area contributed by atoms with Crippen LogP contribution in [0, 0.1) is 0 Å². The van der Waals surface area contributed by atoms with E-state index in [1.165, 1.54) is 0 Å². The van der Waals surface area contributed by atoms with Crippen molar-refractivity contribution < 1.29 is 19.5 Å². The molecule has 1 aromatic rings. The summed E-state index contributed by atoms with van der Waals surface area (Å²) in [7, 11) is 0. The van der Waals surface area contributed by atoms with Crippen molar-refractivity contribution in [3.05, 3.63) is 24.3 Å². The third-order valence-electron chi connectivity index (χ3n) is 4.22. The van der Waals surface area contributed by atoms with Gasteiger partial charge in [0.1, 0.15) is 6.04 Å². The highest BCUT2D eigenvalue weighted by Crippen LogP contribution is 2.24. The van der Waals surface area contributed by atoms with Crippen LogP contribution < -0.4 is 15.5 Å². The maximum absolute atomic E-state index is 12.3. The second-order valence-corrected chi connectivity index (χ2v) is 6.26. The number of nitrogens with one attached hydrogen (secondary N) is 2. The fourth-order valence-electron chi connectivity index (χ4n) is 2.87. The maximum Gasteiger partial charge on any atom is 0.320 e. The molecule has 2 rings (SSSR count). The van der Waals surface area contributed by atoms with E-state index in [1.54, 1.807) is 30.0 Å². The number of benzene rings is 1. The van der Waals surface area contributed by atoms with Gasteiger partial charge < -0.3 is 15.3 Å². The molecule has 26 heavy (non-hydrogen) atoms. The van der Waals surface area contributed by atoms with Crippen LogP contribution in [0.5, 0.6) is 0 Å². The Labute approximate surface area is 159 Å². The molecule has 0 aromatic heterocycles. The Kier molecular flexibility index (Phi) is 8.54. The summed E-state index contributed by atoms with van der Waals surface area (Å²) in [5.74, 6) is -1.19. The molecule has 0 saturated carbocycles. The van der Waals surface area contributed by atoms with Crippen LogP contribution >= 0.6 is 12.4 Å². The number of hydrogen-bond acceptors (Lipinski definition) is 4. The van der Waals surface area contributed by atoms with Gasteiger partial charge in [0.05, 0.1) is 6.04 Å². The van der Waals surface area contributed by atoms with E-state index < -0.39 is 18.1 Å². The minimum atomic E-state index is -0.962. The third-order valence-corrected chi connectivity index (χ3v) is 4.22. The van der Waals surface area contributed by atoms with Crippen LogP contribution in [0.1, 0.15) is 39.5 Å². The highest BCUT2D eigenvalue weighted by atomic mass is 35.5. The molecule has 2 unspecified atom stereocenters. The highest BCUT2D eigenvalue weighted by Gasteiger charge is 2.24. The van der Waals surface area contributed by atoms with Crippen molar-refractivity contribution in [3.8, 4) is 0 Å². The summed E-state index contributed by atoms with van der Waals surface area (Å²) in [6.45, 7) is 4.22. The number of rotatable bonds is 8. The van der Waals surface area contributed by atoms with E-state index in [0.29, 0.717) is 31.5 Å². The zero-order valence-corrected chi connectivity index (χ0v) is 15.8. The number of carboxylic acid groups (broad SMARTS) is 1. The SMILES string of the molecule is CCCC(NC(C)C(=O)Nc1cccc(N2CCCC2=O)c1)C(=O)O.Cl. The molecule has 144 valence electrons. The van der Waals surface area contributed by atoms with Gasteiger partial charge in [-0.15, -0.1) is 12.4 Å². The second kappa shape index (κ2) is 10.1. The quantitative estimate of drug-likeness (QED) is 0.640. The van der Waals surface area contributed by atoms with E-state index in [2.05, 4.69) is 10.6 Å². The van der Waals surface area contributed by atoms with E-state index in [9.17, 15) is 19.5 Å². The van der Waals surface area contributed by atoms with Gasteiger partial charge in [0, 0.05) is 24.3 Å². The molecule has 0 spiro atoms. The van der Waals surface area contributed by atoms with E-state index in [1.807, 2.05) is 13.0 Å². The summed E-state index contributed by atoms with van der Waals surface area (Å²) in [4.78, 5) is 37.1. The topological polar surface area (TPSA) is 98.7 Å². The molecule has 1 fully saturated rings. The van der Waals surface area contributed by atoms with Crippen LogP contribution in [0.4, 0.5) is 11.4 Å². The summed E-state index contributed by atoms with van der Waals surface area (Å²) in [5, 5.41) is 14.8. The molecule has 0 bridgehead atoms. The molecular weight excluding hydrogens is 358 g/mol. The largest absolute Gasteiger partial charge is 0.480 e. The van der Waals surface area contributed by atoms with Crippen LogP contribution in [0.25, 0.3) is 0 Å². The number of carbonyl (C=O) groups is 3. The summed E-state index contributed by atoms with van der Waals surface area (Å²) in [6.07, 6.45) is 2.56. The Balaban J connectivity index is 0.00000338. The van der Waals surface area contributed by atoms with E-state index in [4.69, 9.17) is 0 Å². The number of halogens is 1. The van der Waals surface area contributed by atoms with E-state index >= 15 is 0 Å². The van der Waals surface area contributed by atoms with Crippen molar-refractivity contribution in [2.75, 3.05) is 16.8 Å². The minimum Gasteiger partial charge on any atom is -0.480 e. The number of nitrogens with zero attached hydrogens (tertiary/aromatic N) is 1. The summed E-state index contributed by atoms with van der Waals surface area (Å²) in [5.41, 5.74) is 1.34. The van der Waals surface area contributed by atoms with E-state index in [0.717, 1.165) is 12.1 Å². The normalized spacial score (nSPS) is 15.9. The summed E-state index contributed by atoms with van der Waals surface area (Å²) < 4.78 is 0. The fraction of sp³-hybridized carbons (Fsp3) is 0.500. The van der Waals surface area contributed by atoms with Gasteiger partial charge in [-0.3, -0.25) is 19.7 Å². The number of carboxylic acids is 1. The molecule has 3 N–H and O–H groups in total. The van der Waals surface area contributed by atoms with Crippen LogP contribution in [-0.4, -0.2) is 41.5 Å². The zero-order valence-electron chi connectivity index (χ0n) is 15.0. The van der Waals surface area contributed by atoms with Crippen LogP contribution in [0.15, 0.2) is 24.3 Å². The molecule has 0 radical (unpaired) electrons. The zero-order chi connectivity index (χ0) is 18.4. The first kappa shape index (κ1) is 21.9. The molecule has 7 nitrogen and oxygen atoms in total. The summed E-state index contributed by atoms with van der Waals surface area (Å²) >= 11 is 0. The molecule has 1 aliphatic heterocycles. The average Bonchev–Trinajstić information content (AvgIpc) is 3.00. The van der Waals surface area contributed by atoms with Gasteiger partial charge in [0.15, 0.2) is 0 Å². The monoisotopic (exact) mass is 383 g/mol. The Morgan fingerprint density at radius 2 is 2.08 bits per heavy atom. The molecule has 0 aliphatic carbocycles. The van der Waals surface area contributed by atoms with Crippen molar-refractivity contribution in [2.45, 2.75) is 51.6 Å². The number of aliphatic carboxylic acids is 1. The predicted molar refractivity (Wildman–Crippen MR) is 103 cm³/mol. The van der Waals surface area contributed by atoms with Crippen molar-refractivity contribution in [3.63, 3.8) is 0 Å². The molecule has 8 heteroatoms. The fourth-order valence-corrected chi connectivity index (χ4v) is 2.87. The number of amides is 2. The van der Waals surface area contributed by atoms with Crippen LogP contribution in [0.2, 0.25) is 0 Å². The molecule has 1 aromatic carbocycles. The number of anilines is 2. The van der Waals surface area contributed by atoms with E-state index in [-0.39, 0.29) is 24.2 Å².